The maximum atomic E-state index is 13.6. The van der Waals surface area contributed by atoms with Gasteiger partial charge in [-0.25, -0.2) is 4.79 Å². The molecule has 3 aromatic rings. The Morgan fingerprint density at radius 3 is 2.12 bits per heavy atom. The number of hydrogen-bond donors (Lipinski definition) is 0. The lowest BCUT2D eigenvalue weighted by atomic mass is 10.1. The number of Topliss-reactive ketones (excluding diaryl/α,β-unsaturated/α-hetero) is 1. The molecule has 0 saturated heterocycles. The summed E-state index contributed by atoms with van der Waals surface area (Å²) >= 11 is 0. The topological polar surface area (TPSA) is 61.8 Å². The van der Waals surface area contributed by atoms with Gasteiger partial charge in [-0.15, -0.1) is 0 Å². The van der Waals surface area contributed by atoms with Crippen molar-refractivity contribution < 1.29 is 40.7 Å². The molecule has 34 heavy (non-hydrogen) atoms. The third kappa shape index (κ3) is 6.59. The highest BCUT2D eigenvalue weighted by Gasteiger charge is 2.35. The van der Waals surface area contributed by atoms with Crippen molar-refractivity contribution in [3.05, 3.63) is 89.5 Å². The van der Waals surface area contributed by atoms with E-state index in [1.165, 1.54) is 0 Å². The van der Waals surface area contributed by atoms with Crippen LogP contribution < -0.4 is 26.6 Å². The van der Waals surface area contributed by atoms with Crippen molar-refractivity contribution in [3.63, 3.8) is 0 Å². The minimum Gasteiger partial charge on any atom is -1.00 e. The largest absolute Gasteiger partial charge is 1.00 e. The fraction of sp³-hybridized carbons (Fsp3) is 0.259. The van der Waals surface area contributed by atoms with Gasteiger partial charge in [0.2, 0.25) is 5.78 Å². The number of likely N-dealkylation sites (N-methyl/N-ethyl adjacent to an activating group) is 1. The number of carbonyl (C=O) groups is 2. The zero-order valence-electron chi connectivity index (χ0n) is 19.9. The minimum absolute atomic E-state index is 0. The maximum absolute atomic E-state index is 13.6. The molecule has 0 N–H and O–H groups in total. The van der Waals surface area contributed by atoms with Gasteiger partial charge < -0.3 is 26.6 Å². The maximum Gasteiger partial charge on any atom is 0.318 e. The van der Waals surface area contributed by atoms with Gasteiger partial charge in [0.1, 0.15) is 18.8 Å². The van der Waals surface area contributed by atoms with Gasteiger partial charge in [0, 0.05) is 11.1 Å². The number of rotatable bonds is 10. The Morgan fingerprint density at radius 1 is 0.765 bits per heavy atom. The molecule has 0 spiro atoms. The number of quaternary nitrogens is 1. The molecule has 1 unspecified atom stereocenters. The van der Waals surface area contributed by atoms with Crippen LogP contribution in [0.4, 0.5) is 0 Å². The van der Waals surface area contributed by atoms with Crippen LogP contribution in [0.3, 0.4) is 0 Å². The second-order valence-electron chi connectivity index (χ2n) is 8.11. The van der Waals surface area contributed by atoms with Gasteiger partial charge in [-0.3, -0.25) is 9.28 Å². The predicted octanol–water partition coefficient (Wildman–Crippen LogP) is 1.32. The smallest absolute Gasteiger partial charge is 0.318 e. The molecule has 1 atom stereocenters. The number of amides is 1. The van der Waals surface area contributed by atoms with Crippen molar-refractivity contribution in [1.82, 2.24) is 0 Å². The lowest BCUT2D eigenvalue weighted by Crippen LogP contribution is -3.00. The molecule has 1 amide bonds. The summed E-state index contributed by atoms with van der Waals surface area (Å²) in [6.45, 7) is 0.378. The first-order valence-corrected chi connectivity index (χ1v) is 10.7. The van der Waals surface area contributed by atoms with Crippen molar-refractivity contribution >= 4 is 11.7 Å². The highest BCUT2D eigenvalue weighted by Crippen LogP contribution is 2.29. The summed E-state index contributed by atoms with van der Waals surface area (Å²) in [5, 5.41) is 0. The number of ketones is 1. The molecule has 0 saturated carbocycles. The van der Waals surface area contributed by atoms with Gasteiger partial charge in [-0.05, 0) is 35.9 Å². The van der Waals surface area contributed by atoms with E-state index >= 15 is 0 Å². The molecule has 0 bridgehead atoms. The predicted molar refractivity (Wildman–Crippen MR) is 127 cm³/mol. The molecule has 0 aliphatic heterocycles. The van der Waals surface area contributed by atoms with Crippen LogP contribution >= 0.6 is 0 Å². The number of methoxy groups -OCH3 is 3. The Kier molecular flexibility index (Phi) is 9.66. The monoisotopic (exact) mass is 483 g/mol. The fourth-order valence-corrected chi connectivity index (χ4v) is 3.79. The summed E-state index contributed by atoms with van der Waals surface area (Å²) in [6, 6.07) is 22.0. The summed E-state index contributed by atoms with van der Waals surface area (Å²) < 4.78 is 16.0. The number of benzene rings is 3. The van der Waals surface area contributed by atoms with Crippen molar-refractivity contribution in [2.45, 2.75) is 13.0 Å². The lowest BCUT2D eigenvalue weighted by Gasteiger charge is -2.31. The van der Waals surface area contributed by atoms with E-state index in [1.807, 2.05) is 60.7 Å². The molecule has 6 nitrogen and oxygen atoms in total. The summed E-state index contributed by atoms with van der Waals surface area (Å²) in [7, 11) is 6.55. The van der Waals surface area contributed by atoms with Gasteiger partial charge in [-0.1, -0.05) is 42.5 Å². The Labute approximate surface area is 207 Å². The van der Waals surface area contributed by atoms with Crippen LogP contribution in [-0.4, -0.2) is 51.1 Å². The van der Waals surface area contributed by atoms with Crippen molar-refractivity contribution in [3.8, 4) is 17.2 Å². The summed E-state index contributed by atoms with van der Waals surface area (Å²) in [5.74, 6) is 1.73. The van der Waals surface area contributed by atoms with Crippen LogP contribution in [-0.2, 0) is 17.8 Å². The van der Waals surface area contributed by atoms with Crippen LogP contribution in [0.15, 0.2) is 72.8 Å². The van der Waals surface area contributed by atoms with E-state index in [2.05, 4.69) is 0 Å². The van der Waals surface area contributed by atoms with E-state index in [-0.39, 0.29) is 41.5 Å². The molecule has 0 aliphatic rings. The first-order valence-electron chi connectivity index (χ1n) is 10.7. The quantitative estimate of drug-likeness (QED) is 0.321. The molecule has 0 radical (unpaired) electrons. The number of carbonyl (C=O) groups excluding carboxylic acids is 2. The second-order valence-corrected chi connectivity index (χ2v) is 8.11. The average Bonchev–Trinajstić information content (AvgIpc) is 2.84. The molecular formula is C27H30ClNO5. The molecular weight excluding hydrogens is 454 g/mol. The van der Waals surface area contributed by atoms with E-state index in [4.69, 9.17) is 14.2 Å². The third-order valence-corrected chi connectivity index (χ3v) is 5.66. The SMILES string of the molecule is COc1cccc(CC(=O)[N+](C)(CC(=O)c2ccccc2)Cc2ccc(OC)c(OC)c2)c1.[Cl-]. The molecule has 0 fully saturated rings. The zero-order valence-corrected chi connectivity index (χ0v) is 20.7. The summed E-state index contributed by atoms with van der Waals surface area (Å²) in [4.78, 5) is 26.7. The van der Waals surface area contributed by atoms with Crippen molar-refractivity contribution in [2.24, 2.45) is 0 Å². The Bertz CT molecular complexity index is 1120. The van der Waals surface area contributed by atoms with E-state index in [1.54, 1.807) is 40.5 Å². The standard InChI is InChI=1S/C27H30NO5.ClH/c1-28(19-24(29)22-10-6-5-7-11-22,18-21-13-14-25(32-3)26(16-21)33-4)27(30)17-20-9-8-12-23(15-20)31-2;/h5-16H,17-19H2,1-4H3;1H/q+1;/p-1. The fourth-order valence-electron chi connectivity index (χ4n) is 3.79. The van der Waals surface area contributed by atoms with Gasteiger partial charge in [0.05, 0.1) is 34.8 Å². The third-order valence-electron chi connectivity index (χ3n) is 5.66. The normalized spacial score (nSPS) is 12.1. The van der Waals surface area contributed by atoms with Gasteiger partial charge >= 0.3 is 5.91 Å². The number of hydrogen-bond acceptors (Lipinski definition) is 5. The Morgan fingerprint density at radius 2 is 1.47 bits per heavy atom. The Hall–Kier alpha value is -3.35. The first-order chi connectivity index (χ1) is 15.9. The molecule has 3 aromatic carbocycles. The van der Waals surface area contributed by atoms with E-state index < -0.39 is 0 Å². The van der Waals surface area contributed by atoms with Crippen LogP contribution in [0.5, 0.6) is 17.2 Å². The molecule has 7 heteroatoms. The van der Waals surface area contributed by atoms with Crippen LogP contribution in [0.1, 0.15) is 21.5 Å². The molecule has 0 aromatic heterocycles. The second kappa shape index (κ2) is 12.2. The summed E-state index contributed by atoms with van der Waals surface area (Å²) in [5.41, 5.74) is 2.29. The van der Waals surface area contributed by atoms with E-state index in [0.717, 1.165) is 11.1 Å². The minimum atomic E-state index is -0.0856. The van der Waals surface area contributed by atoms with Gasteiger partial charge in [0.25, 0.3) is 0 Å². The zero-order chi connectivity index (χ0) is 23.8. The average molecular weight is 484 g/mol. The first kappa shape index (κ1) is 26.9. The van der Waals surface area contributed by atoms with E-state index in [9.17, 15) is 9.59 Å². The number of ether oxygens (including phenoxy) is 3. The molecule has 3 rings (SSSR count). The van der Waals surface area contributed by atoms with Crippen LogP contribution in [0.25, 0.3) is 0 Å². The molecule has 0 heterocycles. The molecule has 0 aliphatic carbocycles. The number of nitrogens with zero attached hydrogens (tertiary/aromatic N) is 1. The lowest BCUT2D eigenvalue weighted by molar-refractivity contribution is -0.839. The van der Waals surface area contributed by atoms with Crippen LogP contribution in [0, 0.1) is 0 Å². The van der Waals surface area contributed by atoms with Crippen LogP contribution in [0.2, 0.25) is 0 Å². The highest BCUT2D eigenvalue weighted by atomic mass is 35.5. The Balaban J connectivity index is 0.00000408. The highest BCUT2D eigenvalue weighted by molar-refractivity contribution is 5.97. The van der Waals surface area contributed by atoms with Crippen molar-refractivity contribution in [1.29, 1.82) is 0 Å². The molecule has 180 valence electrons. The van der Waals surface area contributed by atoms with Crippen molar-refractivity contribution in [2.75, 3.05) is 34.9 Å². The van der Waals surface area contributed by atoms with E-state index in [0.29, 0.717) is 29.4 Å². The summed E-state index contributed by atoms with van der Waals surface area (Å²) in [6.07, 6.45) is 0.184. The van der Waals surface area contributed by atoms with Gasteiger partial charge in [-0.2, -0.15) is 0 Å². The number of halogens is 1. The van der Waals surface area contributed by atoms with Gasteiger partial charge in [0.15, 0.2) is 11.5 Å².